The summed E-state index contributed by atoms with van der Waals surface area (Å²) in [6.45, 7) is 5.55. The molecule has 0 unspecified atom stereocenters. The summed E-state index contributed by atoms with van der Waals surface area (Å²) in [4.78, 5) is 0. The molecule has 0 fully saturated rings. The summed E-state index contributed by atoms with van der Waals surface area (Å²) >= 11 is 0. The first-order valence-corrected chi connectivity index (χ1v) is 3.04. The minimum atomic E-state index is 0.639. The van der Waals surface area contributed by atoms with Crippen molar-refractivity contribution in [1.82, 2.24) is 10.9 Å². The minimum Gasteiger partial charge on any atom is -0.497 e. The smallest absolute Gasteiger partial charge is 0.113 e. The van der Waals surface area contributed by atoms with Crippen molar-refractivity contribution in [3.8, 4) is 0 Å². The first-order valence-electron chi connectivity index (χ1n) is 3.04. The van der Waals surface area contributed by atoms with Crippen molar-refractivity contribution < 1.29 is 4.74 Å². The summed E-state index contributed by atoms with van der Waals surface area (Å²) in [6, 6.07) is 0. The first kappa shape index (κ1) is 9.04. The van der Waals surface area contributed by atoms with Gasteiger partial charge in [-0.05, 0) is 13.0 Å². The van der Waals surface area contributed by atoms with Crippen LogP contribution in [0.2, 0.25) is 0 Å². The number of rotatable bonds is 4. The SMILES string of the molecule is C=C(/C=C(\C)NNC)OC. The molecule has 58 valence electrons. The van der Waals surface area contributed by atoms with Crippen molar-refractivity contribution in [1.29, 1.82) is 0 Å². The Balaban J connectivity index is 3.77. The monoisotopic (exact) mass is 142 g/mol. The van der Waals surface area contributed by atoms with Gasteiger partial charge in [-0.1, -0.05) is 6.58 Å². The number of nitrogens with one attached hydrogen (secondary N) is 2. The molecule has 0 aromatic carbocycles. The lowest BCUT2D eigenvalue weighted by Crippen LogP contribution is -2.25. The zero-order valence-corrected chi connectivity index (χ0v) is 6.69. The number of hydrogen-bond acceptors (Lipinski definition) is 3. The third-order valence-electron chi connectivity index (χ3n) is 0.962. The van der Waals surface area contributed by atoms with E-state index in [9.17, 15) is 0 Å². The molecule has 0 aliphatic rings. The number of hydrogen-bond donors (Lipinski definition) is 2. The van der Waals surface area contributed by atoms with Gasteiger partial charge in [-0.3, -0.25) is 0 Å². The van der Waals surface area contributed by atoms with E-state index in [0.29, 0.717) is 5.76 Å². The lowest BCUT2D eigenvalue weighted by molar-refractivity contribution is 0.308. The molecule has 10 heavy (non-hydrogen) atoms. The Morgan fingerprint density at radius 2 is 2.20 bits per heavy atom. The van der Waals surface area contributed by atoms with Gasteiger partial charge < -0.3 is 10.2 Å². The van der Waals surface area contributed by atoms with Crippen LogP contribution in [0.25, 0.3) is 0 Å². The second kappa shape index (κ2) is 4.88. The average Bonchev–Trinajstić information content (AvgIpc) is 1.88. The first-order chi connectivity index (χ1) is 4.70. The van der Waals surface area contributed by atoms with Gasteiger partial charge >= 0.3 is 0 Å². The summed E-state index contributed by atoms with van der Waals surface area (Å²) in [5.41, 5.74) is 6.63. The fourth-order valence-corrected chi connectivity index (χ4v) is 0.534. The van der Waals surface area contributed by atoms with E-state index in [4.69, 9.17) is 4.74 Å². The molecule has 0 aromatic heterocycles. The van der Waals surface area contributed by atoms with Gasteiger partial charge in [0.1, 0.15) is 5.76 Å². The van der Waals surface area contributed by atoms with Crippen molar-refractivity contribution in [2.75, 3.05) is 14.2 Å². The third-order valence-corrected chi connectivity index (χ3v) is 0.962. The Hall–Kier alpha value is -0.960. The van der Waals surface area contributed by atoms with Crippen molar-refractivity contribution in [2.24, 2.45) is 0 Å². The molecule has 0 rings (SSSR count). The van der Waals surface area contributed by atoms with Gasteiger partial charge in [-0.2, -0.15) is 0 Å². The van der Waals surface area contributed by atoms with Crippen molar-refractivity contribution >= 4 is 0 Å². The van der Waals surface area contributed by atoms with Gasteiger partial charge in [0, 0.05) is 12.7 Å². The normalized spacial score (nSPS) is 10.9. The molecular weight excluding hydrogens is 128 g/mol. The summed E-state index contributed by atoms with van der Waals surface area (Å²) in [7, 11) is 3.39. The largest absolute Gasteiger partial charge is 0.497 e. The van der Waals surface area contributed by atoms with Gasteiger partial charge in [-0.15, -0.1) is 0 Å². The second-order valence-electron chi connectivity index (χ2n) is 1.87. The molecule has 0 atom stereocenters. The van der Waals surface area contributed by atoms with Crippen molar-refractivity contribution in [3.63, 3.8) is 0 Å². The molecule has 2 N–H and O–H groups in total. The minimum absolute atomic E-state index is 0.639. The van der Waals surface area contributed by atoms with E-state index >= 15 is 0 Å². The predicted molar refractivity (Wildman–Crippen MR) is 42.1 cm³/mol. The highest BCUT2D eigenvalue weighted by Gasteiger charge is 1.86. The quantitative estimate of drug-likeness (QED) is 0.345. The molecule has 3 nitrogen and oxygen atoms in total. The topological polar surface area (TPSA) is 33.3 Å². The number of methoxy groups -OCH3 is 1. The summed E-state index contributed by atoms with van der Waals surface area (Å²) in [6.07, 6.45) is 1.80. The molecule has 0 aromatic rings. The fraction of sp³-hybridized carbons (Fsp3) is 0.429. The van der Waals surface area contributed by atoms with Crippen LogP contribution in [-0.2, 0) is 4.74 Å². The summed E-state index contributed by atoms with van der Waals surface area (Å²) in [5, 5.41) is 0. The van der Waals surface area contributed by atoms with Crippen LogP contribution in [0.5, 0.6) is 0 Å². The van der Waals surface area contributed by atoms with Gasteiger partial charge in [0.2, 0.25) is 0 Å². The molecule has 0 spiro atoms. The molecule has 0 radical (unpaired) electrons. The Bertz CT molecular complexity index is 141. The highest BCUT2D eigenvalue weighted by Crippen LogP contribution is 1.95. The molecule has 0 saturated heterocycles. The van der Waals surface area contributed by atoms with Crippen LogP contribution in [0.3, 0.4) is 0 Å². The number of hydrazine groups is 1. The molecule has 3 heteroatoms. The van der Waals surface area contributed by atoms with E-state index < -0.39 is 0 Å². The third kappa shape index (κ3) is 3.97. The van der Waals surface area contributed by atoms with Crippen LogP contribution < -0.4 is 10.9 Å². The van der Waals surface area contributed by atoms with Gasteiger partial charge in [0.15, 0.2) is 0 Å². The highest BCUT2D eigenvalue weighted by molar-refractivity contribution is 5.12. The van der Waals surface area contributed by atoms with Crippen molar-refractivity contribution in [2.45, 2.75) is 6.92 Å². The van der Waals surface area contributed by atoms with E-state index in [1.807, 2.05) is 6.92 Å². The van der Waals surface area contributed by atoms with Crippen LogP contribution in [-0.4, -0.2) is 14.2 Å². The van der Waals surface area contributed by atoms with Crippen LogP contribution in [0.15, 0.2) is 24.1 Å². The zero-order valence-electron chi connectivity index (χ0n) is 6.69. The Morgan fingerprint density at radius 1 is 1.60 bits per heavy atom. The number of ether oxygens (including phenoxy) is 1. The maximum absolute atomic E-state index is 4.83. The van der Waals surface area contributed by atoms with E-state index in [1.165, 1.54) is 0 Å². The fourth-order valence-electron chi connectivity index (χ4n) is 0.534. The average molecular weight is 142 g/mol. The molecular formula is C7H14N2O. The number of allylic oxidation sites excluding steroid dienone is 2. The molecule has 0 saturated carbocycles. The van der Waals surface area contributed by atoms with E-state index in [1.54, 1.807) is 20.2 Å². The van der Waals surface area contributed by atoms with E-state index in [0.717, 1.165) is 5.70 Å². The lowest BCUT2D eigenvalue weighted by atomic mass is 10.4. The molecule has 0 aliphatic heterocycles. The van der Waals surface area contributed by atoms with Crippen LogP contribution in [0.1, 0.15) is 6.92 Å². The summed E-state index contributed by atoms with van der Waals surface area (Å²) in [5.74, 6) is 0.639. The maximum Gasteiger partial charge on any atom is 0.113 e. The van der Waals surface area contributed by atoms with E-state index in [-0.39, 0.29) is 0 Å². The second-order valence-corrected chi connectivity index (χ2v) is 1.87. The van der Waals surface area contributed by atoms with Gasteiger partial charge in [-0.25, -0.2) is 5.43 Å². The Labute approximate surface area is 61.7 Å². The standard InChI is InChI=1S/C7H14N2O/c1-6(9-8-3)5-7(2)10-4/h5,8-9H,2H2,1,3-4H3/b6-5+. The molecule has 0 bridgehead atoms. The maximum atomic E-state index is 4.83. The molecule has 0 aliphatic carbocycles. The zero-order chi connectivity index (χ0) is 7.98. The van der Waals surface area contributed by atoms with Crippen molar-refractivity contribution in [3.05, 3.63) is 24.1 Å². The highest BCUT2D eigenvalue weighted by atomic mass is 16.5. The molecule has 0 heterocycles. The van der Waals surface area contributed by atoms with E-state index in [2.05, 4.69) is 17.4 Å². The van der Waals surface area contributed by atoms with Crippen LogP contribution in [0, 0.1) is 0 Å². The lowest BCUT2D eigenvalue weighted by Gasteiger charge is -2.03. The van der Waals surface area contributed by atoms with Crippen LogP contribution >= 0.6 is 0 Å². The van der Waals surface area contributed by atoms with Gasteiger partial charge in [0.05, 0.1) is 7.11 Å². The summed E-state index contributed by atoms with van der Waals surface area (Å²) < 4.78 is 4.83. The Kier molecular flexibility index (Phi) is 4.41. The van der Waals surface area contributed by atoms with Gasteiger partial charge in [0.25, 0.3) is 0 Å². The van der Waals surface area contributed by atoms with Crippen LogP contribution in [0.4, 0.5) is 0 Å². The molecule has 0 amide bonds. The predicted octanol–water partition coefficient (Wildman–Crippen LogP) is 0.774. The Morgan fingerprint density at radius 3 is 2.60 bits per heavy atom.